The van der Waals surface area contributed by atoms with E-state index in [-0.39, 0.29) is 0 Å². The van der Waals surface area contributed by atoms with Gasteiger partial charge in [-0.25, -0.2) is 0 Å². The van der Waals surface area contributed by atoms with Crippen LogP contribution < -0.4 is 0 Å². The first-order chi connectivity index (χ1) is 18.9. The molecular formula is C34H28N2S2. The summed E-state index contributed by atoms with van der Waals surface area (Å²) in [6, 6.07) is 53.2. The van der Waals surface area contributed by atoms with Crippen molar-refractivity contribution in [3.63, 3.8) is 0 Å². The number of hydrogen-bond acceptors (Lipinski definition) is 4. The summed E-state index contributed by atoms with van der Waals surface area (Å²) in [4.78, 5) is 11.0. The molecule has 6 aromatic rings. The fourth-order valence-corrected chi connectivity index (χ4v) is 5.31. The Balaban J connectivity index is 0.000000133. The Morgan fingerprint density at radius 2 is 0.632 bits per heavy atom. The average molecular weight is 529 g/mol. The lowest BCUT2D eigenvalue weighted by Crippen LogP contribution is -1.83. The van der Waals surface area contributed by atoms with Crippen molar-refractivity contribution in [3.8, 4) is 22.5 Å². The first-order valence-corrected chi connectivity index (χ1v) is 14.4. The van der Waals surface area contributed by atoms with Crippen molar-refractivity contribution in [3.05, 3.63) is 170 Å². The zero-order valence-electron chi connectivity index (χ0n) is 20.9. The number of nitrogens with zero attached hydrogens (tertiary/aromatic N) is 2. The highest BCUT2D eigenvalue weighted by Gasteiger charge is 1.96. The molecule has 2 nitrogen and oxygen atoms in total. The van der Waals surface area contributed by atoms with Gasteiger partial charge in [0.2, 0.25) is 0 Å². The van der Waals surface area contributed by atoms with Crippen LogP contribution in [0.25, 0.3) is 22.5 Å². The van der Waals surface area contributed by atoms with Gasteiger partial charge in [-0.15, -0.1) is 0 Å². The van der Waals surface area contributed by atoms with E-state index in [0.29, 0.717) is 0 Å². The van der Waals surface area contributed by atoms with E-state index >= 15 is 0 Å². The van der Waals surface area contributed by atoms with Gasteiger partial charge in [-0.05, 0) is 59.7 Å². The molecule has 0 bridgehead atoms. The third-order valence-corrected chi connectivity index (χ3v) is 7.61. The molecule has 4 aromatic carbocycles. The largest absolute Gasteiger partial charge is 0.255 e. The van der Waals surface area contributed by atoms with Crippen molar-refractivity contribution >= 4 is 21.6 Å². The van der Waals surface area contributed by atoms with E-state index in [9.17, 15) is 0 Å². The topological polar surface area (TPSA) is 25.8 Å². The van der Waals surface area contributed by atoms with E-state index in [4.69, 9.17) is 0 Å². The van der Waals surface area contributed by atoms with E-state index in [1.165, 1.54) is 20.9 Å². The van der Waals surface area contributed by atoms with Crippen LogP contribution in [-0.2, 0) is 0 Å². The van der Waals surface area contributed by atoms with Gasteiger partial charge in [-0.1, -0.05) is 131 Å². The average Bonchev–Trinajstić information content (AvgIpc) is 3.03. The van der Waals surface area contributed by atoms with Crippen LogP contribution in [0.15, 0.2) is 180 Å². The fraction of sp³-hybridized carbons (Fsp3) is 0. The van der Waals surface area contributed by atoms with Crippen LogP contribution in [0.4, 0.5) is 0 Å². The van der Waals surface area contributed by atoms with E-state index in [1.807, 2.05) is 60.7 Å². The third kappa shape index (κ3) is 9.40. The van der Waals surface area contributed by atoms with Crippen LogP contribution in [0.1, 0.15) is 0 Å². The number of hydrogen-bond donors (Lipinski definition) is 0. The summed E-state index contributed by atoms with van der Waals surface area (Å²) < 4.78 is 0. The Hall–Kier alpha value is -4.12. The highest BCUT2D eigenvalue weighted by Crippen LogP contribution is 2.36. The van der Waals surface area contributed by atoms with Crippen LogP contribution in [0.3, 0.4) is 0 Å². The molecule has 2 aromatic heterocycles. The highest BCUT2D eigenvalue weighted by atomic mass is 33.1. The van der Waals surface area contributed by atoms with E-state index in [2.05, 4.69) is 107 Å². The standard InChI is InChI=1S/C12H10S2.C12H10.C10H8N2/c1-3-7-11(8-4-1)13-14-12-9-5-2-6-10-12;1-3-7-11(8-4-1)12-9-5-2-6-10-12;1-3-7-11-9(5-1)10-6-2-4-8-12-10/h1-10H;1-10H;1-8H. The molecule has 186 valence electrons. The highest BCUT2D eigenvalue weighted by molar-refractivity contribution is 8.76. The number of rotatable bonds is 5. The summed E-state index contributed by atoms with van der Waals surface area (Å²) in [5.74, 6) is 0. The van der Waals surface area contributed by atoms with Gasteiger partial charge in [-0.2, -0.15) is 0 Å². The molecule has 0 atom stereocenters. The van der Waals surface area contributed by atoms with Crippen molar-refractivity contribution < 1.29 is 0 Å². The van der Waals surface area contributed by atoms with Crippen molar-refractivity contribution in [1.29, 1.82) is 0 Å². The normalized spacial score (nSPS) is 9.79. The van der Waals surface area contributed by atoms with Crippen LogP contribution in [0.5, 0.6) is 0 Å². The molecule has 0 N–H and O–H groups in total. The Morgan fingerprint density at radius 3 is 0.947 bits per heavy atom. The van der Waals surface area contributed by atoms with Crippen molar-refractivity contribution in [2.45, 2.75) is 9.79 Å². The van der Waals surface area contributed by atoms with Crippen LogP contribution in [0, 0.1) is 0 Å². The van der Waals surface area contributed by atoms with Crippen molar-refractivity contribution in [2.75, 3.05) is 0 Å². The fourth-order valence-electron chi connectivity index (χ4n) is 3.34. The molecule has 0 aliphatic rings. The quantitative estimate of drug-likeness (QED) is 0.208. The monoisotopic (exact) mass is 528 g/mol. The minimum Gasteiger partial charge on any atom is -0.255 e. The molecule has 0 amide bonds. The second-order valence-electron chi connectivity index (χ2n) is 7.95. The molecule has 0 unspecified atom stereocenters. The molecule has 4 heteroatoms. The van der Waals surface area contributed by atoms with Gasteiger partial charge in [-0.3, -0.25) is 9.97 Å². The Kier molecular flexibility index (Phi) is 11.3. The lowest BCUT2D eigenvalue weighted by molar-refractivity contribution is 1.25. The van der Waals surface area contributed by atoms with E-state index in [1.54, 1.807) is 34.0 Å². The van der Waals surface area contributed by atoms with Crippen molar-refractivity contribution in [2.24, 2.45) is 0 Å². The summed E-state index contributed by atoms with van der Waals surface area (Å²) >= 11 is 0. The zero-order valence-corrected chi connectivity index (χ0v) is 22.5. The van der Waals surface area contributed by atoms with Crippen LogP contribution in [0.2, 0.25) is 0 Å². The second kappa shape index (κ2) is 15.9. The molecular weight excluding hydrogens is 501 g/mol. The molecule has 0 saturated heterocycles. The SMILES string of the molecule is c1ccc(-c2ccccc2)cc1.c1ccc(-c2ccccn2)nc1.c1ccc(SSc2ccccc2)cc1. The summed E-state index contributed by atoms with van der Waals surface area (Å²) in [7, 11) is 3.58. The predicted octanol–water partition coefficient (Wildman–Crippen LogP) is 9.98. The summed E-state index contributed by atoms with van der Waals surface area (Å²) in [6.07, 6.45) is 3.54. The predicted molar refractivity (Wildman–Crippen MR) is 164 cm³/mol. The van der Waals surface area contributed by atoms with Gasteiger partial charge in [0.1, 0.15) is 0 Å². The molecule has 6 rings (SSSR count). The lowest BCUT2D eigenvalue weighted by atomic mass is 10.1. The van der Waals surface area contributed by atoms with Gasteiger partial charge < -0.3 is 0 Å². The molecule has 38 heavy (non-hydrogen) atoms. The summed E-state index contributed by atoms with van der Waals surface area (Å²) in [6.45, 7) is 0. The molecule has 0 saturated carbocycles. The third-order valence-electron chi connectivity index (χ3n) is 5.19. The lowest BCUT2D eigenvalue weighted by Gasteiger charge is -1.99. The van der Waals surface area contributed by atoms with Crippen molar-refractivity contribution in [1.82, 2.24) is 9.97 Å². The Bertz CT molecular complexity index is 1230. The van der Waals surface area contributed by atoms with Gasteiger partial charge in [0.25, 0.3) is 0 Å². The van der Waals surface area contributed by atoms with Gasteiger partial charge >= 0.3 is 0 Å². The number of pyridine rings is 2. The first-order valence-electron chi connectivity index (χ1n) is 12.3. The zero-order chi connectivity index (χ0) is 26.1. The second-order valence-corrected chi connectivity index (χ2v) is 10.2. The van der Waals surface area contributed by atoms with E-state index in [0.717, 1.165) is 11.4 Å². The minimum absolute atomic E-state index is 0.915. The Morgan fingerprint density at radius 1 is 0.316 bits per heavy atom. The molecule has 0 spiro atoms. The van der Waals surface area contributed by atoms with Gasteiger partial charge in [0.15, 0.2) is 0 Å². The summed E-state index contributed by atoms with van der Waals surface area (Å²) in [5.41, 5.74) is 4.38. The van der Waals surface area contributed by atoms with Gasteiger partial charge in [0.05, 0.1) is 11.4 Å². The smallest absolute Gasteiger partial charge is 0.0886 e. The molecule has 0 aliphatic heterocycles. The maximum Gasteiger partial charge on any atom is 0.0886 e. The number of benzene rings is 4. The first kappa shape index (κ1) is 26.9. The molecule has 2 heterocycles. The molecule has 0 aliphatic carbocycles. The molecule has 0 fully saturated rings. The maximum absolute atomic E-state index is 4.19. The minimum atomic E-state index is 0.915. The maximum atomic E-state index is 4.19. The number of aromatic nitrogens is 2. The van der Waals surface area contributed by atoms with Crippen LogP contribution in [-0.4, -0.2) is 9.97 Å². The summed E-state index contributed by atoms with van der Waals surface area (Å²) in [5, 5.41) is 0. The van der Waals surface area contributed by atoms with Crippen LogP contribution >= 0.6 is 21.6 Å². The van der Waals surface area contributed by atoms with E-state index < -0.39 is 0 Å². The Labute approximate surface area is 233 Å². The van der Waals surface area contributed by atoms with Gasteiger partial charge in [0, 0.05) is 22.2 Å². The molecule has 0 radical (unpaired) electrons.